The molecule has 1 fully saturated rings. The number of hydrogen-bond acceptors (Lipinski definition) is 4. The Bertz CT molecular complexity index is 1090. The van der Waals surface area contributed by atoms with Crippen molar-refractivity contribution in [2.45, 2.75) is 44.7 Å². The van der Waals surface area contributed by atoms with Crippen LogP contribution in [-0.2, 0) is 4.79 Å². The van der Waals surface area contributed by atoms with E-state index in [2.05, 4.69) is 29.7 Å². The smallest absolute Gasteiger partial charge is 0.258 e. The molecular formula is C24H26Cl2FN3O2. The van der Waals surface area contributed by atoms with Crippen LogP contribution in [0.2, 0.25) is 5.02 Å². The Morgan fingerprint density at radius 2 is 1.84 bits per heavy atom. The molecule has 5 nitrogen and oxygen atoms in total. The quantitative estimate of drug-likeness (QED) is 0.479. The molecule has 0 aliphatic heterocycles. The molecule has 8 heteroatoms. The lowest BCUT2D eigenvalue weighted by atomic mass is 9.91. The number of halogens is 3. The van der Waals surface area contributed by atoms with Crippen LogP contribution in [-0.4, -0.2) is 29.6 Å². The Labute approximate surface area is 198 Å². The summed E-state index contributed by atoms with van der Waals surface area (Å²) in [5, 5.41) is 7.71. The van der Waals surface area contributed by atoms with E-state index in [0.29, 0.717) is 11.8 Å². The molecule has 0 bridgehead atoms. The highest BCUT2D eigenvalue weighted by atomic mass is 35.5. The predicted molar refractivity (Wildman–Crippen MR) is 128 cm³/mol. The van der Waals surface area contributed by atoms with Gasteiger partial charge in [-0.3, -0.25) is 4.79 Å². The van der Waals surface area contributed by atoms with E-state index < -0.39 is 5.82 Å². The number of carbonyl (C=O) groups excluding carboxylic acids is 1. The van der Waals surface area contributed by atoms with Crippen molar-refractivity contribution in [3.63, 3.8) is 0 Å². The van der Waals surface area contributed by atoms with Gasteiger partial charge in [-0.1, -0.05) is 29.8 Å². The van der Waals surface area contributed by atoms with Gasteiger partial charge in [0.1, 0.15) is 17.4 Å². The number of carbonyl (C=O) groups is 1. The fraction of sp³-hybridized carbons (Fsp3) is 0.333. The van der Waals surface area contributed by atoms with E-state index in [-0.39, 0.29) is 36.0 Å². The first-order valence-electron chi connectivity index (χ1n) is 10.5. The maximum Gasteiger partial charge on any atom is 0.258 e. The SMILES string of the molecule is Cc1cc(N[C@H]2CC[C@@H](NC(=O)COc3ccc(F)c(Cl)c3)CC2)nc2ccccc12.Cl. The summed E-state index contributed by atoms with van der Waals surface area (Å²) >= 11 is 5.73. The molecule has 0 saturated heterocycles. The van der Waals surface area contributed by atoms with Crippen LogP contribution in [0.25, 0.3) is 10.9 Å². The number of para-hydroxylation sites is 1. The van der Waals surface area contributed by atoms with E-state index in [9.17, 15) is 9.18 Å². The molecule has 32 heavy (non-hydrogen) atoms. The van der Waals surface area contributed by atoms with Crippen LogP contribution >= 0.6 is 24.0 Å². The normalized spacial score (nSPS) is 18.0. The van der Waals surface area contributed by atoms with Gasteiger partial charge in [0.15, 0.2) is 6.61 Å². The highest BCUT2D eigenvalue weighted by Crippen LogP contribution is 2.25. The second kappa shape index (κ2) is 10.8. The third kappa shape index (κ3) is 6.02. The average molecular weight is 478 g/mol. The van der Waals surface area contributed by atoms with E-state index in [1.54, 1.807) is 0 Å². The molecule has 2 N–H and O–H groups in total. The van der Waals surface area contributed by atoms with E-state index in [4.69, 9.17) is 21.3 Å². The molecule has 1 aliphatic carbocycles. The van der Waals surface area contributed by atoms with Crippen molar-refractivity contribution >= 4 is 46.6 Å². The second-order valence-corrected chi connectivity index (χ2v) is 8.37. The second-order valence-electron chi connectivity index (χ2n) is 7.97. The topological polar surface area (TPSA) is 63.2 Å². The van der Waals surface area contributed by atoms with Crippen LogP contribution in [0, 0.1) is 12.7 Å². The van der Waals surface area contributed by atoms with Crippen molar-refractivity contribution in [1.29, 1.82) is 0 Å². The molecule has 1 amide bonds. The number of amides is 1. The molecule has 170 valence electrons. The lowest BCUT2D eigenvalue weighted by molar-refractivity contribution is -0.124. The van der Waals surface area contributed by atoms with Gasteiger partial charge < -0.3 is 15.4 Å². The summed E-state index contributed by atoms with van der Waals surface area (Å²) in [6.45, 7) is 1.98. The first-order chi connectivity index (χ1) is 15.0. The first kappa shape index (κ1) is 24.1. The number of fused-ring (bicyclic) bond motifs is 1. The standard InChI is InChI=1S/C24H25ClFN3O2.ClH/c1-15-12-23(29-22-5-3-2-4-19(15)22)27-16-6-8-17(9-7-16)28-24(30)14-31-18-10-11-21(26)20(25)13-18;/h2-5,10-13,16-17H,6-9,14H2,1H3,(H,27,29)(H,28,30);1H/t16-,17+;. The molecule has 3 aromatic rings. The zero-order valence-corrected chi connectivity index (χ0v) is 19.3. The highest BCUT2D eigenvalue weighted by Gasteiger charge is 2.23. The summed E-state index contributed by atoms with van der Waals surface area (Å²) in [5.41, 5.74) is 2.20. The van der Waals surface area contributed by atoms with Crippen molar-refractivity contribution in [2.75, 3.05) is 11.9 Å². The van der Waals surface area contributed by atoms with Crippen LogP contribution in [0.5, 0.6) is 5.75 Å². The number of rotatable bonds is 6. The van der Waals surface area contributed by atoms with Crippen molar-refractivity contribution in [3.8, 4) is 5.75 Å². The number of aromatic nitrogens is 1. The lowest BCUT2D eigenvalue weighted by Gasteiger charge is -2.30. The zero-order valence-electron chi connectivity index (χ0n) is 17.7. The van der Waals surface area contributed by atoms with Crippen molar-refractivity contribution < 1.29 is 13.9 Å². The molecular weight excluding hydrogens is 452 g/mol. The largest absolute Gasteiger partial charge is 0.484 e. The molecule has 0 radical (unpaired) electrons. The van der Waals surface area contributed by atoms with Crippen LogP contribution in [0.15, 0.2) is 48.5 Å². The summed E-state index contributed by atoms with van der Waals surface area (Å²) in [4.78, 5) is 16.9. The molecule has 4 rings (SSSR count). The Hall–Kier alpha value is -2.57. The summed E-state index contributed by atoms with van der Waals surface area (Å²) in [6.07, 6.45) is 3.68. The van der Waals surface area contributed by atoms with E-state index in [1.165, 1.54) is 29.1 Å². The minimum Gasteiger partial charge on any atom is -0.484 e. The van der Waals surface area contributed by atoms with Gasteiger partial charge in [0.2, 0.25) is 0 Å². The van der Waals surface area contributed by atoms with Gasteiger partial charge in [0.25, 0.3) is 5.91 Å². The van der Waals surface area contributed by atoms with Crippen LogP contribution in [0.1, 0.15) is 31.2 Å². The Balaban J connectivity index is 0.00000289. The molecule has 2 aromatic carbocycles. The molecule has 1 aromatic heterocycles. The van der Waals surface area contributed by atoms with Crippen molar-refractivity contribution in [3.05, 3.63) is 64.9 Å². The molecule has 0 atom stereocenters. The minimum atomic E-state index is -0.516. The molecule has 1 heterocycles. The van der Waals surface area contributed by atoms with E-state index in [0.717, 1.165) is 37.0 Å². The van der Waals surface area contributed by atoms with Crippen LogP contribution in [0.4, 0.5) is 10.2 Å². The molecule has 1 aliphatic rings. The van der Waals surface area contributed by atoms with Gasteiger partial charge in [-0.05, 0) is 62.4 Å². The minimum absolute atomic E-state index is 0. The summed E-state index contributed by atoms with van der Waals surface area (Å²) in [7, 11) is 0. The molecule has 0 unspecified atom stereocenters. The number of ether oxygens (including phenoxy) is 1. The average Bonchev–Trinajstić information content (AvgIpc) is 2.76. The van der Waals surface area contributed by atoms with Crippen LogP contribution in [0.3, 0.4) is 0 Å². The highest BCUT2D eigenvalue weighted by molar-refractivity contribution is 6.30. The van der Waals surface area contributed by atoms with Gasteiger partial charge in [-0.15, -0.1) is 12.4 Å². The van der Waals surface area contributed by atoms with Gasteiger partial charge in [0.05, 0.1) is 10.5 Å². The zero-order chi connectivity index (χ0) is 21.8. The maximum absolute atomic E-state index is 13.2. The van der Waals surface area contributed by atoms with E-state index >= 15 is 0 Å². The van der Waals surface area contributed by atoms with Gasteiger partial charge >= 0.3 is 0 Å². The number of pyridine rings is 1. The van der Waals surface area contributed by atoms with Gasteiger partial charge in [-0.2, -0.15) is 0 Å². The molecule has 1 saturated carbocycles. The number of nitrogens with one attached hydrogen (secondary N) is 2. The summed E-state index contributed by atoms with van der Waals surface area (Å²) in [5.74, 6) is 0.559. The number of anilines is 1. The third-order valence-corrected chi connectivity index (χ3v) is 5.92. The van der Waals surface area contributed by atoms with Gasteiger partial charge in [0, 0.05) is 23.5 Å². The van der Waals surface area contributed by atoms with Crippen molar-refractivity contribution in [1.82, 2.24) is 10.3 Å². The fourth-order valence-corrected chi connectivity index (χ4v) is 4.17. The van der Waals surface area contributed by atoms with Crippen LogP contribution < -0.4 is 15.4 Å². The third-order valence-electron chi connectivity index (χ3n) is 5.63. The predicted octanol–water partition coefficient (Wildman–Crippen LogP) is 5.68. The Morgan fingerprint density at radius 3 is 2.59 bits per heavy atom. The van der Waals surface area contributed by atoms with Crippen molar-refractivity contribution in [2.24, 2.45) is 0 Å². The summed E-state index contributed by atoms with van der Waals surface area (Å²) < 4.78 is 18.6. The summed E-state index contributed by atoms with van der Waals surface area (Å²) in [6, 6.07) is 14.7. The Kier molecular flexibility index (Phi) is 8.15. The van der Waals surface area contributed by atoms with E-state index in [1.807, 2.05) is 18.2 Å². The molecule has 0 spiro atoms. The number of aryl methyl sites for hydroxylation is 1. The fourth-order valence-electron chi connectivity index (χ4n) is 4.00. The number of benzene rings is 2. The van der Waals surface area contributed by atoms with Gasteiger partial charge in [-0.25, -0.2) is 9.37 Å². The first-order valence-corrected chi connectivity index (χ1v) is 10.9. The lowest BCUT2D eigenvalue weighted by Crippen LogP contribution is -2.42. The Morgan fingerprint density at radius 1 is 1.12 bits per heavy atom. The number of nitrogens with zero attached hydrogens (tertiary/aromatic N) is 1. The number of hydrogen-bond donors (Lipinski definition) is 2. The monoisotopic (exact) mass is 477 g/mol. The maximum atomic E-state index is 13.2.